The van der Waals surface area contributed by atoms with Crippen molar-refractivity contribution >= 4 is 5.97 Å². The lowest BCUT2D eigenvalue weighted by Crippen LogP contribution is -2.17. The molecule has 0 aromatic rings. The molecule has 0 aromatic carbocycles. The summed E-state index contributed by atoms with van der Waals surface area (Å²) in [4.78, 5) is 11.6. The van der Waals surface area contributed by atoms with Crippen molar-refractivity contribution in [3.63, 3.8) is 0 Å². The summed E-state index contributed by atoms with van der Waals surface area (Å²) >= 11 is 0. The predicted molar refractivity (Wildman–Crippen MR) is 73.0 cm³/mol. The molecule has 100 valence electrons. The molecule has 0 aliphatic heterocycles. The van der Waals surface area contributed by atoms with E-state index in [1.54, 1.807) is 0 Å². The van der Waals surface area contributed by atoms with Crippen molar-refractivity contribution in [3.8, 4) is 0 Å². The Labute approximate surface area is 106 Å². The number of hydrogen-bond donors (Lipinski definition) is 0. The van der Waals surface area contributed by atoms with Gasteiger partial charge in [-0.15, -0.1) is 6.58 Å². The maximum Gasteiger partial charge on any atom is 0.306 e. The minimum absolute atomic E-state index is 0.0467. The first kappa shape index (κ1) is 16.2. The lowest BCUT2D eigenvalue weighted by molar-refractivity contribution is -0.149. The van der Waals surface area contributed by atoms with Crippen LogP contribution in [0.1, 0.15) is 72.1 Å². The highest BCUT2D eigenvalue weighted by Crippen LogP contribution is 2.12. The van der Waals surface area contributed by atoms with Crippen LogP contribution in [0.2, 0.25) is 0 Å². The van der Waals surface area contributed by atoms with Crippen LogP contribution in [0.5, 0.6) is 0 Å². The molecule has 0 saturated carbocycles. The molecule has 0 aromatic heterocycles. The molecule has 0 heterocycles. The molecule has 0 bridgehead atoms. The quantitative estimate of drug-likeness (QED) is 0.316. The Morgan fingerprint density at radius 1 is 1.18 bits per heavy atom. The zero-order valence-electron chi connectivity index (χ0n) is 11.8. The van der Waals surface area contributed by atoms with Crippen LogP contribution in [-0.2, 0) is 9.53 Å². The van der Waals surface area contributed by atoms with Crippen molar-refractivity contribution in [2.75, 3.05) is 0 Å². The number of unbranched alkanes of at least 4 members (excludes halogenated alkanes) is 2. The van der Waals surface area contributed by atoms with Crippen LogP contribution in [0.4, 0.5) is 0 Å². The Hall–Kier alpha value is -0.790. The van der Waals surface area contributed by atoms with Crippen LogP contribution < -0.4 is 0 Å². The summed E-state index contributed by atoms with van der Waals surface area (Å²) in [5, 5.41) is 0. The Balaban J connectivity index is 3.70. The summed E-state index contributed by atoms with van der Waals surface area (Å²) in [6.07, 6.45) is 7.96. The largest absolute Gasteiger partial charge is 0.462 e. The second-order valence-corrected chi connectivity index (χ2v) is 4.83. The van der Waals surface area contributed by atoms with Crippen molar-refractivity contribution < 1.29 is 9.53 Å². The number of carbonyl (C=O) groups is 1. The fourth-order valence-corrected chi connectivity index (χ4v) is 1.75. The van der Waals surface area contributed by atoms with Crippen LogP contribution >= 0.6 is 0 Å². The molecule has 2 nitrogen and oxygen atoms in total. The second-order valence-electron chi connectivity index (χ2n) is 4.83. The summed E-state index contributed by atoms with van der Waals surface area (Å²) in [5.41, 5.74) is 1.13. The molecule has 0 rings (SSSR count). The third-order valence-corrected chi connectivity index (χ3v) is 2.87. The Bertz CT molecular complexity index is 221. The molecule has 1 atom stereocenters. The zero-order valence-corrected chi connectivity index (χ0v) is 11.8. The minimum Gasteiger partial charge on any atom is -0.462 e. The van der Waals surface area contributed by atoms with Gasteiger partial charge in [0, 0.05) is 6.42 Å². The Kier molecular flexibility index (Phi) is 9.89. The molecule has 0 N–H and O–H groups in total. The molecule has 0 spiro atoms. The molecule has 1 unspecified atom stereocenters. The maximum atomic E-state index is 11.6. The first-order valence-electron chi connectivity index (χ1n) is 6.94. The number of esters is 1. The van der Waals surface area contributed by atoms with Gasteiger partial charge in [-0.3, -0.25) is 4.79 Å². The van der Waals surface area contributed by atoms with Crippen LogP contribution in [0.25, 0.3) is 0 Å². The number of carbonyl (C=O) groups excluding carboxylic acids is 1. The van der Waals surface area contributed by atoms with Gasteiger partial charge in [0.2, 0.25) is 0 Å². The lowest BCUT2D eigenvalue weighted by Gasteiger charge is -2.16. The summed E-state index contributed by atoms with van der Waals surface area (Å²) in [6, 6.07) is 0. The van der Waals surface area contributed by atoms with Gasteiger partial charge in [-0.1, -0.05) is 32.3 Å². The third kappa shape index (κ3) is 10.1. The SMILES string of the molecule is C=C(C)CCCC(=O)OC(CC)CCCCC. The lowest BCUT2D eigenvalue weighted by atomic mass is 10.1. The number of rotatable bonds is 10. The van der Waals surface area contributed by atoms with Crippen LogP contribution in [0.15, 0.2) is 12.2 Å². The summed E-state index contributed by atoms with van der Waals surface area (Å²) in [6.45, 7) is 10.1. The molecule has 0 aliphatic rings. The summed E-state index contributed by atoms with van der Waals surface area (Å²) in [5.74, 6) is -0.0467. The van der Waals surface area contributed by atoms with Gasteiger partial charge in [-0.05, 0) is 39.0 Å². The number of allylic oxidation sites excluding steroid dienone is 1. The molecule has 0 aliphatic carbocycles. The van der Waals surface area contributed by atoms with E-state index in [9.17, 15) is 4.79 Å². The van der Waals surface area contributed by atoms with E-state index in [0.29, 0.717) is 6.42 Å². The molecule has 0 radical (unpaired) electrons. The topological polar surface area (TPSA) is 26.3 Å². The van der Waals surface area contributed by atoms with Gasteiger partial charge in [0.05, 0.1) is 0 Å². The average Bonchev–Trinajstić information content (AvgIpc) is 2.27. The molecule has 0 saturated heterocycles. The van der Waals surface area contributed by atoms with E-state index in [0.717, 1.165) is 37.7 Å². The summed E-state index contributed by atoms with van der Waals surface area (Å²) in [7, 11) is 0. The normalized spacial score (nSPS) is 12.2. The standard InChI is InChI=1S/C15H28O2/c1-5-7-8-11-14(6-2)17-15(16)12-9-10-13(3)4/h14H,3,5-12H2,1-2,4H3. The van der Waals surface area contributed by atoms with Crippen molar-refractivity contribution in [2.45, 2.75) is 78.2 Å². The van der Waals surface area contributed by atoms with E-state index in [1.165, 1.54) is 12.8 Å². The minimum atomic E-state index is -0.0467. The fourth-order valence-electron chi connectivity index (χ4n) is 1.75. The van der Waals surface area contributed by atoms with E-state index in [1.807, 2.05) is 6.92 Å². The first-order chi connectivity index (χ1) is 8.10. The van der Waals surface area contributed by atoms with Gasteiger partial charge < -0.3 is 4.74 Å². The van der Waals surface area contributed by atoms with Gasteiger partial charge in [-0.25, -0.2) is 0 Å². The smallest absolute Gasteiger partial charge is 0.306 e. The third-order valence-electron chi connectivity index (χ3n) is 2.87. The summed E-state index contributed by atoms with van der Waals surface area (Å²) < 4.78 is 5.46. The number of hydrogen-bond acceptors (Lipinski definition) is 2. The maximum absolute atomic E-state index is 11.6. The van der Waals surface area contributed by atoms with Crippen LogP contribution in [0.3, 0.4) is 0 Å². The van der Waals surface area contributed by atoms with E-state index < -0.39 is 0 Å². The Morgan fingerprint density at radius 2 is 1.88 bits per heavy atom. The van der Waals surface area contributed by atoms with Crippen LogP contribution in [-0.4, -0.2) is 12.1 Å². The molecule has 0 fully saturated rings. The van der Waals surface area contributed by atoms with Gasteiger partial charge in [0.1, 0.15) is 6.10 Å². The van der Waals surface area contributed by atoms with Gasteiger partial charge in [0.15, 0.2) is 0 Å². The van der Waals surface area contributed by atoms with Crippen molar-refractivity contribution in [2.24, 2.45) is 0 Å². The van der Waals surface area contributed by atoms with E-state index in [4.69, 9.17) is 4.74 Å². The monoisotopic (exact) mass is 240 g/mol. The molecule has 17 heavy (non-hydrogen) atoms. The molecule has 2 heteroatoms. The van der Waals surface area contributed by atoms with Gasteiger partial charge in [-0.2, -0.15) is 0 Å². The van der Waals surface area contributed by atoms with Crippen molar-refractivity contribution in [1.82, 2.24) is 0 Å². The van der Waals surface area contributed by atoms with Gasteiger partial charge >= 0.3 is 5.97 Å². The van der Waals surface area contributed by atoms with E-state index in [-0.39, 0.29) is 12.1 Å². The molecular formula is C15H28O2. The van der Waals surface area contributed by atoms with Crippen molar-refractivity contribution in [3.05, 3.63) is 12.2 Å². The predicted octanol–water partition coefficient (Wildman–Crippen LogP) is 4.63. The fraction of sp³-hybridized carbons (Fsp3) is 0.800. The highest BCUT2D eigenvalue weighted by molar-refractivity contribution is 5.69. The average molecular weight is 240 g/mol. The Morgan fingerprint density at radius 3 is 2.41 bits per heavy atom. The highest BCUT2D eigenvalue weighted by atomic mass is 16.5. The highest BCUT2D eigenvalue weighted by Gasteiger charge is 2.11. The first-order valence-corrected chi connectivity index (χ1v) is 6.94. The molecule has 0 amide bonds. The zero-order chi connectivity index (χ0) is 13.1. The number of ether oxygens (including phenoxy) is 1. The van der Waals surface area contributed by atoms with Gasteiger partial charge in [0.25, 0.3) is 0 Å². The van der Waals surface area contributed by atoms with Crippen molar-refractivity contribution in [1.29, 1.82) is 0 Å². The molecular weight excluding hydrogens is 212 g/mol. The second kappa shape index (κ2) is 10.4. The van der Waals surface area contributed by atoms with E-state index >= 15 is 0 Å². The van der Waals surface area contributed by atoms with E-state index in [2.05, 4.69) is 20.4 Å². The van der Waals surface area contributed by atoms with Crippen LogP contribution in [0, 0.1) is 0 Å².